The van der Waals surface area contributed by atoms with Gasteiger partial charge in [-0.1, -0.05) is 26.0 Å². The van der Waals surface area contributed by atoms with Gasteiger partial charge in [-0.2, -0.15) is 0 Å². The molecule has 0 amide bonds. The van der Waals surface area contributed by atoms with Crippen LogP contribution >= 0.6 is 0 Å². The highest BCUT2D eigenvalue weighted by Gasteiger charge is 2.48. The van der Waals surface area contributed by atoms with Crippen LogP contribution in [0.1, 0.15) is 82.2 Å². The molecule has 0 aliphatic heterocycles. The van der Waals surface area contributed by atoms with Gasteiger partial charge in [0.05, 0.1) is 48.3 Å². The van der Waals surface area contributed by atoms with E-state index in [0.29, 0.717) is 6.42 Å². The Hall–Kier alpha value is -3.35. The first-order chi connectivity index (χ1) is 18.9. The number of aliphatic hydroxyl groups excluding tert-OH is 3. The van der Waals surface area contributed by atoms with Gasteiger partial charge in [0.25, 0.3) is 0 Å². The van der Waals surface area contributed by atoms with Crippen molar-refractivity contribution in [2.24, 2.45) is 10.9 Å². The summed E-state index contributed by atoms with van der Waals surface area (Å²) >= 11 is 0. The Morgan fingerprint density at radius 3 is 2.40 bits per heavy atom. The lowest BCUT2D eigenvalue weighted by atomic mass is 9.71. The van der Waals surface area contributed by atoms with E-state index in [0.717, 1.165) is 0 Å². The molecule has 5 atom stereocenters. The fraction of sp³-hybridized carbons (Fsp3) is 0.483. The maximum absolute atomic E-state index is 13.7. The second kappa shape index (κ2) is 11.3. The lowest BCUT2D eigenvalue weighted by Gasteiger charge is -2.40. The van der Waals surface area contributed by atoms with Gasteiger partial charge >= 0.3 is 0 Å². The second-order valence-electron chi connectivity index (χ2n) is 10.4. The average molecular weight is 558 g/mol. The molecule has 4 rings (SSSR count). The van der Waals surface area contributed by atoms with Gasteiger partial charge in [-0.15, -0.1) is 0 Å². The lowest BCUT2D eigenvalue weighted by molar-refractivity contribution is -0.165. The number of ether oxygens (including phenoxy) is 2. The van der Waals surface area contributed by atoms with Gasteiger partial charge in [0.15, 0.2) is 12.1 Å². The molecule has 2 aromatic rings. The van der Waals surface area contributed by atoms with Crippen molar-refractivity contribution in [3.05, 3.63) is 51.6 Å². The summed E-state index contributed by atoms with van der Waals surface area (Å²) in [5.41, 5.74) is -3.01. The molecule has 0 saturated carbocycles. The van der Waals surface area contributed by atoms with Crippen LogP contribution in [0.5, 0.6) is 17.2 Å². The van der Waals surface area contributed by atoms with Crippen molar-refractivity contribution in [3.8, 4) is 17.2 Å². The molecule has 5 unspecified atom stereocenters. The molecule has 40 heavy (non-hydrogen) atoms. The molecular formula is C29H35NO10. The fourth-order valence-electron chi connectivity index (χ4n) is 5.80. The topological polar surface area (TPSA) is 186 Å². The Morgan fingerprint density at radius 2 is 1.80 bits per heavy atom. The molecule has 216 valence electrons. The van der Waals surface area contributed by atoms with Crippen LogP contribution in [-0.2, 0) is 11.2 Å². The van der Waals surface area contributed by atoms with E-state index in [1.807, 2.05) is 0 Å². The van der Waals surface area contributed by atoms with Gasteiger partial charge in [0, 0.05) is 43.0 Å². The molecule has 6 N–H and O–H groups in total. The van der Waals surface area contributed by atoms with Crippen molar-refractivity contribution in [1.82, 2.24) is 0 Å². The number of carbonyl (C=O) groups is 2. The van der Waals surface area contributed by atoms with Crippen molar-refractivity contribution < 1.29 is 49.7 Å². The van der Waals surface area contributed by atoms with Gasteiger partial charge in [-0.25, -0.2) is 0 Å². The van der Waals surface area contributed by atoms with E-state index >= 15 is 0 Å². The molecular weight excluding hydrogens is 522 g/mol. The molecule has 11 nitrogen and oxygen atoms in total. The van der Waals surface area contributed by atoms with Gasteiger partial charge in [-0.3, -0.25) is 14.6 Å². The van der Waals surface area contributed by atoms with E-state index in [1.54, 1.807) is 13.8 Å². The Morgan fingerprint density at radius 1 is 1.12 bits per heavy atom. The minimum absolute atomic E-state index is 0.00761. The van der Waals surface area contributed by atoms with Crippen LogP contribution in [-0.4, -0.2) is 86.7 Å². The summed E-state index contributed by atoms with van der Waals surface area (Å²) < 4.78 is 11.2. The number of ketones is 2. The van der Waals surface area contributed by atoms with Gasteiger partial charge in [-0.05, 0) is 18.4 Å². The van der Waals surface area contributed by atoms with Crippen LogP contribution < -0.4 is 4.74 Å². The second-order valence-corrected chi connectivity index (χ2v) is 10.4. The summed E-state index contributed by atoms with van der Waals surface area (Å²) in [4.78, 5) is 31.2. The number of phenolic OH excluding ortho intramolecular Hbond substituents is 2. The maximum atomic E-state index is 13.7. The number of methoxy groups -OCH3 is 1. The first kappa shape index (κ1) is 29.6. The Bertz CT molecular complexity index is 1370. The number of phenols is 2. The van der Waals surface area contributed by atoms with E-state index in [-0.39, 0.29) is 58.9 Å². The Kier molecular flexibility index (Phi) is 8.34. The minimum atomic E-state index is -1.88. The lowest BCUT2D eigenvalue weighted by Crippen LogP contribution is -2.48. The Labute approximate surface area is 231 Å². The maximum Gasteiger partial charge on any atom is 0.202 e. The van der Waals surface area contributed by atoms with E-state index in [9.17, 15) is 40.2 Å². The van der Waals surface area contributed by atoms with Crippen LogP contribution in [0, 0.1) is 5.92 Å². The molecule has 2 aliphatic carbocycles. The average Bonchev–Trinajstić information content (AvgIpc) is 2.92. The summed E-state index contributed by atoms with van der Waals surface area (Å²) in [6.45, 7) is 2.90. The molecule has 11 heteroatoms. The molecule has 0 bridgehead atoms. The number of benzene rings is 2. The number of nitrogens with zero attached hydrogens (tertiary/aromatic N) is 1. The van der Waals surface area contributed by atoms with Crippen LogP contribution in [0.3, 0.4) is 0 Å². The van der Waals surface area contributed by atoms with Crippen LogP contribution in [0.4, 0.5) is 0 Å². The van der Waals surface area contributed by atoms with Gasteiger partial charge in [0.2, 0.25) is 5.78 Å². The molecule has 0 aromatic heterocycles. The smallest absolute Gasteiger partial charge is 0.202 e. The van der Waals surface area contributed by atoms with Gasteiger partial charge in [0.1, 0.15) is 22.8 Å². The van der Waals surface area contributed by atoms with Crippen LogP contribution in [0.25, 0.3) is 0 Å². The number of carbonyl (C=O) groups excluding carboxylic acids is 2. The fourth-order valence-corrected chi connectivity index (χ4v) is 5.80. The summed E-state index contributed by atoms with van der Waals surface area (Å²) in [5, 5.41) is 65.3. The standard InChI is InChI=1S/C29H35NO10/c1-5-16(32)13(2)9-20(33)40-18-11-29(38,19(12-31)30-3)10-15-22(18)28(37)24-23(26(15)35)25(34)14-7-6-8-17(39-4)21(14)27(24)36/h6-8,13,16,18,20,31-33,35,37-38H,5,9-12H2,1-4H3/b30-19+. The van der Waals surface area contributed by atoms with E-state index in [4.69, 9.17) is 9.47 Å². The van der Waals surface area contributed by atoms with Crippen molar-refractivity contribution >= 4 is 17.3 Å². The third-order valence-electron chi connectivity index (χ3n) is 8.00. The molecule has 0 saturated heterocycles. The number of fused-ring (bicyclic) bond motifs is 3. The van der Waals surface area contributed by atoms with Crippen molar-refractivity contribution in [1.29, 1.82) is 0 Å². The van der Waals surface area contributed by atoms with E-state index in [2.05, 4.69) is 4.99 Å². The van der Waals surface area contributed by atoms with E-state index in [1.165, 1.54) is 32.4 Å². The van der Waals surface area contributed by atoms with E-state index < -0.39 is 64.9 Å². The first-order valence-electron chi connectivity index (χ1n) is 13.1. The molecule has 0 radical (unpaired) electrons. The number of aliphatic imine (C=N–C) groups is 1. The zero-order valence-electron chi connectivity index (χ0n) is 22.8. The highest BCUT2D eigenvalue weighted by molar-refractivity contribution is 6.31. The van der Waals surface area contributed by atoms with Crippen molar-refractivity contribution in [2.75, 3.05) is 20.8 Å². The number of rotatable bonds is 9. The number of aliphatic hydroxyl groups is 4. The SMILES string of the molecule is CCC(O)C(C)CC(O)OC1CC(O)(/C(CO)=N/C)Cc2c(O)c3c(c(O)c21)C(=O)c1c(OC)cccc1C3=O. The largest absolute Gasteiger partial charge is 0.507 e. The predicted molar refractivity (Wildman–Crippen MR) is 143 cm³/mol. The zero-order valence-corrected chi connectivity index (χ0v) is 22.8. The molecule has 0 fully saturated rings. The van der Waals surface area contributed by atoms with Crippen molar-refractivity contribution in [2.45, 2.75) is 63.6 Å². The van der Waals surface area contributed by atoms with Crippen LogP contribution in [0.15, 0.2) is 23.2 Å². The first-order valence-corrected chi connectivity index (χ1v) is 13.1. The molecule has 0 spiro atoms. The summed E-state index contributed by atoms with van der Waals surface area (Å²) in [5.74, 6) is -2.97. The Balaban J connectivity index is 1.90. The molecule has 2 aromatic carbocycles. The third-order valence-corrected chi connectivity index (χ3v) is 8.00. The highest BCUT2D eigenvalue weighted by atomic mass is 16.6. The molecule has 2 aliphatic rings. The highest BCUT2D eigenvalue weighted by Crippen LogP contribution is 2.52. The normalized spacial score (nSPS) is 22.7. The minimum Gasteiger partial charge on any atom is -0.507 e. The van der Waals surface area contributed by atoms with Gasteiger partial charge < -0.3 is 40.1 Å². The monoisotopic (exact) mass is 557 g/mol. The number of hydrogen-bond donors (Lipinski definition) is 6. The summed E-state index contributed by atoms with van der Waals surface area (Å²) in [6.07, 6.45) is -3.68. The third kappa shape index (κ3) is 4.77. The van der Waals surface area contributed by atoms with Crippen LogP contribution in [0.2, 0.25) is 0 Å². The number of aromatic hydroxyl groups is 2. The summed E-state index contributed by atoms with van der Waals surface area (Å²) in [6, 6.07) is 4.43. The zero-order chi connectivity index (χ0) is 29.5. The van der Waals surface area contributed by atoms with Crippen molar-refractivity contribution in [3.63, 3.8) is 0 Å². The molecule has 0 heterocycles. The number of hydrogen-bond acceptors (Lipinski definition) is 11. The predicted octanol–water partition coefficient (Wildman–Crippen LogP) is 1.80. The quantitative estimate of drug-likeness (QED) is 0.129. The summed E-state index contributed by atoms with van der Waals surface area (Å²) in [7, 11) is 2.71.